The average molecular weight is 206 g/mol. The molecule has 0 N–H and O–H groups in total. The summed E-state index contributed by atoms with van der Waals surface area (Å²) in [7, 11) is 2.02. The maximum absolute atomic E-state index is 4.48. The van der Waals surface area contributed by atoms with Crippen LogP contribution in [0.4, 0.5) is 0 Å². The Kier molecular flexibility index (Phi) is 4.13. The van der Waals surface area contributed by atoms with Crippen molar-refractivity contribution < 1.29 is 0 Å². The second-order valence-electron chi connectivity index (χ2n) is 4.12. The lowest BCUT2D eigenvalue weighted by Crippen LogP contribution is -2.00. The van der Waals surface area contributed by atoms with Gasteiger partial charge in [0, 0.05) is 12.7 Å². The van der Waals surface area contributed by atoms with Crippen LogP contribution in [0.1, 0.15) is 49.6 Å². The Morgan fingerprint density at radius 1 is 1.40 bits per heavy atom. The molecule has 0 aliphatic rings. The predicted molar refractivity (Wildman–Crippen MR) is 65.1 cm³/mol. The molecule has 0 saturated heterocycles. The number of rotatable bonds is 4. The first-order valence-electron chi connectivity index (χ1n) is 5.73. The first kappa shape index (κ1) is 12.0. The topological polar surface area (TPSA) is 17.8 Å². The van der Waals surface area contributed by atoms with Gasteiger partial charge in [-0.3, -0.25) is 4.68 Å². The Hall–Kier alpha value is -1.05. The van der Waals surface area contributed by atoms with Crippen molar-refractivity contribution in [1.29, 1.82) is 0 Å². The molecule has 0 fully saturated rings. The Labute approximate surface area is 93.0 Å². The second-order valence-corrected chi connectivity index (χ2v) is 4.12. The van der Waals surface area contributed by atoms with E-state index in [-0.39, 0.29) is 0 Å². The molecule has 0 saturated carbocycles. The molecule has 1 aromatic heterocycles. The number of allylic oxidation sites excluding steroid dienone is 2. The number of aryl methyl sites for hydroxylation is 2. The smallest absolute Gasteiger partial charge is 0.0631 e. The van der Waals surface area contributed by atoms with Crippen molar-refractivity contribution >= 4 is 0 Å². The van der Waals surface area contributed by atoms with Gasteiger partial charge in [-0.05, 0) is 45.1 Å². The monoisotopic (exact) mass is 206 g/mol. The molecule has 15 heavy (non-hydrogen) atoms. The highest BCUT2D eigenvalue weighted by Gasteiger charge is 2.17. The first-order valence-corrected chi connectivity index (χ1v) is 5.73. The molecule has 1 aromatic rings. The summed E-state index contributed by atoms with van der Waals surface area (Å²) < 4.78 is 1.99. The van der Waals surface area contributed by atoms with Crippen molar-refractivity contribution in [2.75, 3.05) is 0 Å². The number of hydrogen-bond acceptors (Lipinski definition) is 1. The molecule has 0 aliphatic heterocycles. The average Bonchev–Trinajstić information content (AvgIpc) is 2.45. The van der Waals surface area contributed by atoms with Crippen LogP contribution in [0.3, 0.4) is 0 Å². The molecule has 0 aliphatic carbocycles. The Morgan fingerprint density at radius 2 is 2.07 bits per heavy atom. The molecular weight excluding hydrogens is 184 g/mol. The van der Waals surface area contributed by atoms with E-state index in [4.69, 9.17) is 0 Å². The van der Waals surface area contributed by atoms with E-state index in [0.717, 1.165) is 6.42 Å². The highest BCUT2D eigenvalue weighted by Crippen LogP contribution is 2.28. The van der Waals surface area contributed by atoms with E-state index < -0.39 is 0 Å². The molecule has 0 bridgehead atoms. The van der Waals surface area contributed by atoms with E-state index in [1.807, 2.05) is 11.7 Å². The molecular formula is C13H22N2. The van der Waals surface area contributed by atoms with Crippen molar-refractivity contribution in [3.8, 4) is 0 Å². The van der Waals surface area contributed by atoms with Crippen molar-refractivity contribution in [3.05, 3.63) is 29.1 Å². The van der Waals surface area contributed by atoms with Gasteiger partial charge in [0.2, 0.25) is 0 Å². The molecule has 1 unspecified atom stereocenters. The van der Waals surface area contributed by atoms with Crippen LogP contribution < -0.4 is 0 Å². The summed E-state index contributed by atoms with van der Waals surface area (Å²) in [6, 6.07) is 0. The molecule has 0 amide bonds. The van der Waals surface area contributed by atoms with E-state index in [1.165, 1.54) is 23.4 Å². The summed E-state index contributed by atoms with van der Waals surface area (Å²) in [4.78, 5) is 0. The minimum absolute atomic E-state index is 0.620. The van der Waals surface area contributed by atoms with Crippen LogP contribution in [-0.4, -0.2) is 9.78 Å². The Bertz CT molecular complexity index is 348. The SMILES string of the molecule is C/C=C\CC(CC)c1c(C)nn(C)c1C. The van der Waals surface area contributed by atoms with Gasteiger partial charge >= 0.3 is 0 Å². The van der Waals surface area contributed by atoms with Crippen molar-refractivity contribution in [3.63, 3.8) is 0 Å². The molecule has 0 spiro atoms. The Morgan fingerprint density at radius 3 is 2.47 bits per heavy atom. The summed E-state index contributed by atoms with van der Waals surface area (Å²) in [5, 5.41) is 4.48. The number of aromatic nitrogens is 2. The van der Waals surface area contributed by atoms with Gasteiger partial charge in [0.25, 0.3) is 0 Å². The van der Waals surface area contributed by atoms with Crippen LogP contribution in [0.5, 0.6) is 0 Å². The number of nitrogens with zero attached hydrogens (tertiary/aromatic N) is 2. The summed E-state index contributed by atoms with van der Waals surface area (Å²) >= 11 is 0. The van der Waals surface area contributed by atoms with Gasteiger partial charge in [0.1, 0.15) is 0 Å². The van der Waals surface area contributed by atoms with E-state index in [9.17, 15) is 0 Å². The van der Waals surface area contributed by atoms with Gasteiger partial charge in [-0.15, -0.1) is 0 Å². The molecule has 0 radical (unpaired) electrons. The third-order valence-corrected chi connectivity index (χ3v) is 3.12. The summed E-state index contributed by atoms with van der Waals surface area (Å²) in [6.45, 7) is 8.60. The zero-order chi connectivity index (χ0) is 11.4. The van der Waals surface area contributed by atoms with Crippen LogP contribution in [-0.2, 0) is 7.05 Å². The lowest BCUT2D eigenvalue weighted by atomic mass is 9.91. The fourth-order valence-corrected chi connectivity index (χ4v) is 2.17. The van der Waals surface area contributed by atoms with Crippen molar-refractivity contribution in [1.82, 2.24) is 9.78 Å². The van der Waals surface area contributed by atoms with Gasteiger partial charge in [-0.2, -0.15) is 5.10 Å². The van der Waals surface area contributed by atoms with Crippen LogP contribution in [0.25, 0.3) is 0 Å². The lowest BCUT2D eigenvalue weighted by Gasteiger charge is -2.13. The summed E-state index contributed by atoms with van der Waals surface area (Å²) in [5.74, 6) is 0.620. The summed E-state index contributed by atoms with van der Waals surface area (Å²) in [5.41, 5.74) is 3.94. The summed E-state index contributed by atoms with van der Waals surface area (Å²) in [6.07, 6.45) is 6.68. The standard InChI is InChI=1S/C13H22N2/c1-6-8-9-12(7-2)13-10(3)14-15(5)11(13)4/h6,8,12H,7,9H2,1-5H3/b8-6-. The van der Waals surface area contributed by atoms with E-state index in [1.54, 1.807) is 0 Å². The van der Waals surface area contributed by atoms with Crippen LogP contribution >= 0.6 is 0 Å². The molecule has 2 heteroatoms. The van der Waals surface area contributed by atoms with E-state index in [2.05, 4.69) is 44.9 Å². The van der Waals surface area contributed by atoms with Crippen LogP contribution in [0.2, 0.25) is 0 Å². The minimum Gasteiger partial charge on any atom is -0.272 e. The van der Waals surface area contributed by atoms with Gasteiger partial charge in [0.05, 0.1) is 5.69 Å². The molecule has 1 atom stereocenters. The quantitative estimate of drug-likeness (QED) is 0.689. The molecule has 1 rings (SSSR count). The number of hydrogen-bond donors (Lipinski definition) is 0. The largest absolute Gasteiger partial charge is 0.272 e. The molecule has 84 valence electrons. The van der Waals surface area contributed by atoms with Gasteiger partial charge in [0.15, 0.2) is 0 Å². The fourth-order valence-electron chi connectivity index (χ4n) is 2.17. The highest BCUT2D eigenvalue weighted by molar-refractivity contribution is 5.29. The van der Waals surface area contributed by atoms with Crippen LogP contribution in [0.15, 0.2) is 12.2 Å². The zero-order valence-electron chi connectivity index (χ0n) is 10.5. The van der Waals surface area contributed by atoms with E-state index in [0.29, 0.717) is 5.92 Å². The molecule has 2 nitrogen and oxygen atoms in total. The predicted octanol–water partition coefficient (Wildman–Crippen LogP) is 3.50. The fraction of sp³-hybridized carbons (Fsp3) is 0.615. The second kappa shape index (κ2) is 5.15. The molecule has 1 heterocycles. The normalized spacial score (nSPS) is 13.7. The third-order valence-electron chi connectivity index (χ3n) is 3.12. The highest BCUT2D eigenvalue weighted by atomic mass is 15.3. The van der Waals surface area contributed by atoms with Gasteiger partial charge in [-0.1, -0.05) is 19.1 Å². The first-order chi connectivity index (χ1) is 7.11. The lowest BCUT2D eigenvalue weighted by molar-refractivity contribution is 0.661. The van der Waals surface area contributed by atoms with Crippen molar-refractivity contribution in [2.24, 2.45) is 7.05 Å². The Balaban J connectivity index is 3.00. The van der Waals surface area contributed by atoms with Crippen LogP contribution in [0, 0.1) is 13.8 Å². The maximum Gasteiger partial charge on any atom is 0.0631 e. The van der Waals surface area contributed by atoms with Gasteiger partial charge < -0.3 is 0 Å². The zero-order valence-corrected chi connectivity index (χ0v) is 10.5. The van der Waals surface area contributed by atoms with E-state index >= 15 is 0 Å². The molecule has 0 aromatic carbocycles. The van der Waals surface area contributed by atoms with Crippen molar-refractivity contribution in [2.45, 2.75) is 46.5 Å². The maximum atomic E-state index is 4.48. The van der Waals surface area contributed by atoms with Gasteiger partial charge in [-0.25, -0.2) is 0 Å². The minimum atomic E-state index is 0.620. The third kappa shape index (κ3) is 2.49.